The van der Waals surface area contributed by atoms with Crippen molar-refractivity contribution in [1.82, 2.24) is 0 Å². The van der Waals surface area contributed by atoms with E-state index < -0.39 is 18.2 Å². The van der Waals surface area contributed by atoms with Crippen molar-refractivity contribution in [3.05, 3.63) is 0 Å². The minimum atomic E-state index is -1.05. The second-order valence-corrected chi connectivity index (χ2v) is 3.04. The van der Waals surface area contributed by atoms with E-state index in [1.54, 1.807) is 7.11 Å². The van der Waals surface area contributed by atoms with E-state index >= 15 is 0 Å². The molecule has 2 N–H and O–H groups in total. The van der Waals surface area contributed by atoms with Gasteiger partial charge in [0.15, 0.2) is 6.10 Å². The van der Waals surface area contributed by atoms with E-state index in [2.05, 4.69) is 0 Å². The van der Waals surface area contributed by atoms with E-state index in [9.17, 15) is 9.90 Å². The maximum Gasteiger partial charge on any atom is 0.332 e. The Bertz CT molecular complexity index is 172. The van der Waals surface area contributed by atoms with E-state index in [1.165, 1.54) is 6.92 Å². The van der Waals surface area contributed by atoms with Crippen molar-refractivity contribution in [3.8, 4) is 0 Å². The lowest BCUT2D eigenvalue weighted by Gasteiger charge is -2.13. The van der Waals surface area contributed by atoms with E-state index in [0.29, 0.717) is 13.2 Å². The molecule has 0 aromatic carbocycles. The molecule has 0 spiro atoms. The van der Waals surface area contributed by atoms with Crippen LogP contribution in [0.4, 0.5) is 0 Å². The molecule has 0 rings (SSSR count). The van der Waals surface area contributed by atoms with Gasteiger partial charge >= 0.3 is 5.97 Å². The molecule has 0 amide bonds. The number of aliphatic hydroxyl groups excluding tert-OH is 1. The summed E-state index contributed by atoms with van der Waals surface area (Å²) in [4.78, 5) is 10.4. The van der Waals surface area contributed by atoms with Crippen molar-refractivity contribution in [2.75, 3.05) is 33.5 Å². The van der Waals surface area contributed by atoms with Crippen molar-refractivity contribution in [1.29, 1.82) is 0 Å². The number of methoxy groups -OCH3 is 1. The zero-order valence-corrected chi connectivity index (χ0v) is 9.01. The highest BCUT2D eigenvalue weighted by atomic mass is 16.5. The molecule has 6 nitrogen and oxygen atoms in total. The lowest BCUT2D eigenvalue weighted by atomic mass is 10.4. The average molecular weight is 222 g/mol. The number of aliphatic hydroxyl groups is 1. The summed E-state index contributed by atoms with van der Waals surface area (Å²) in [7, 11) is 1.55. The summed E-state index contributed by atoms with van der Waals surface area (Å²) in [5, 5.41) is 17.8. The van der Waals surface area contributed by atoms with Gasteiger partial charge in [-0.15, -0.1) is 0 Å². The van der Waals surface area contributed by atoms with Gasteiger partial charge < -0.3 is 24.4 Å². The summed E-state index contributed by atoms with van der Waals surface area (Å²) in [6.07, 6.45) is -1.73. The molecule has 15 heavy (non-hydrogen) atoms. The molecule has 0 aliphatic carbocycles. The average Bonchev–Trinajstić information content (AvgIpc) is 2.20. The summed E-state index contributed by atoms with van der Waals surface area (Å²) >= 11 is 0. The molecule has 0 radical (unpaired) electrons. The van der Waals surface area contributed by atoms with Crippen LogP contribution in [0.3, 0.4) is 0 Å². The van der Waals surface area contributed by atoms with Crippen LogP contribution in [0.15, 0.2) is 0 Å². The van der Waals surface area contributed by atoms with Gasteiger partial charge in [-0.25, -0.2) is 4.79 Å². The molecule has 0 fully saturated rings. The minimum absolute atomic E-state index is 0.0551. The van der Waals surface area contributed by atoms with Crippen LogP contribution in [-0.2, 0) is 19.0 Å². The van der Waals surface area contributed by atoms with Crippen LogP contribution in [0.5, 0.6) is 0 Å². The van der Waals surface area contributed by atoms with E-state index in [4.69, 9.17) is 19.3 Å². The fourth-order valence-corrected chi connectivity index (χ4v) is 0.736. The first-order valence-corrected chi connectivity index (χ1v) is 4.67. The van der Waals surface area contributed by atoms with Gasteiger partial charge in [0.05, 0.1) is 26.4 Å². The van der Waals surface area contributed by atoms with E-state index in [1.807, 2.05) is 0 Å². The van der Waals surface area contributed by atoms with Crippen molar-refractivity contribution in [2.45, 2.75) is 19.1 Å². The summed E-state index contributed by atoms with van der Waals surface area (Å²) in [6.45, 7) is 2.30. The molecule has 0 bridgehead atoms. The zero-order valence-electron chi connectivity index (χ0n) is 9.01. The Morgan fingerprint density at radius 2 is 2.00 bits per heavy atom. The van der Waals surface area contributed by atoms with Crippen LogP contribution in [0.1, 0.15) is 6.92 Å². The van der Waals surface area contributed by atoms with Crippen LogP contribution >= 0.6 is 0 Å². The molecule has 2 atom stereocenters. The topological polar surface area (TPSA) is 85.2 Å². The predicted molar refractivity (Wildman–Crippen MR) is 51.8 cm³/mol. The molecule has 0 saturated carbocycles. The first-order valence-electron chi connectivity index (χ1n) is 4.67. The lowest BCUT2D eigenvalue weighted by Crippen LogP contribution is -2.28. The quantitative estimate of drug-likeness (QED) is 0.511. The molecular formula is C9H18O6. The molecule has 90 valence electrons. The third-order valence-electron chi connectivity index (χ3n) is 1.63. The van der Waals surface area contributed by atoms with Crippen LogP contribution in [0.2, 0.25) is 0 Å². The Morgan fingerprint density at radius 3 is 2.53 bits per heavy atom. The second kappa shape index (κ2) is 8.60. The van der Waals surface area contributed by atoms with E-state index in [0.717, 1.165) is 0 Å². The Morgan fingerprint density at radius 1 is 1.33 bits per heavy atom. The Labute approximate surface area is 88.7 Å². The van der Waals surface area contributed by atoms with Crippen molar-refractivity contribution >= 4 is 5.97 Å². The van der Waals surface area contributed by atoms with Crippen LogP contribution in [-0.4, -0.2) is 61.9 Å². The SMILES string of the molecule is COCCOCC(O)COC(C)C(=O)O. The normalized spacial score (nSPS) is 14.9. The van der Waals surface area contributed by atoms with Crippen molar-refractivity contribution in [2.24, 2.45) is 0 Å². The van der Waals surface area contributed by atoms with Crippen molar-refractivity contribution < 1.29 is 29.2 Å². The summed E-state index contributed by atoms with van der Waals surface area (Å²) < 4.78 is 14.6. The fourth-order valence-electron chi connectivity index (χ4n) is 0.736. The second-order valence-electron chi connectivity index (χ2n) is 3.04. The number of carboxylic acid groups (broad SMARTS) is 1. The fraction of sp³-hybridized carbons (Fsp3) is 0.889. The van der Waals surface area contributed by atoms with Gasteiger partial charge in [0.1, 0.15) is 6.10 Å². The molecule has 6 heteroatoms. The highest BCUT2D eigenvalue weighted by Crippen LogP contribution is 1.94. The summed E-state index contributed by atoms with van der Waals surface area (Å²) in [6, 6.07) is 0. The number of carboxylic acids is 1. The van der Waals surface area contributed by atoms with Gasteiger partial charge in [0.25, 0.3) is 0 Å². The molecule has 0 aliphatic rings. The molecule has 0 aromatic heterocycles. The Hall–Kier alpha value is -0.690. The smallest absolute Gasteiger partial charge is 0.332 e. The highest BCUT2D eigenvalue weighted by Gasteiger charge is 2.13. The number of rotatable bonds is 9. The minimum Gasteiger partial charge on any atom is -0.479 e. The summed E-state index contributed by atoms with van der Waals surface area (Å²) in [5.41, 5.74) is 0. The van der Waals surface area contributed by atoms with Gasteiger partial charge in [-0.3, -0.25) is 0 Å². The first kappa shape index (κ1) is 14.3. The van der Waals surface area contributed by atoms with Gasteiger partial charge in [-0.05, 0) is 6.92 Å². The lowest BCUT2D eigenvalue weighted by molar-refractivity contribution is -0.151. The van der Waals surface area contributed by atoms with E-state index in [-0.39, 0.29) is 13.2 Å². The molecule has 0 heterocycles. The summed E-state index contributed by atoms with van der Waals surface area (Å²) in [5.74, 6) is -1.05. The zero-order chi connectivity index (χ0) is 11.7. The number of carbonyl (C=O) groups is 1. The monoisotopic (exact) mass is 222 g/mol. The van der Waals surface area contributed by atoms with Crippen LogP contribution in [0, 0.1) is 0 Å². The molecule has 0 aromatic rings. The maximum atomic E-state index is 10.4. The first-order chi connectivity index (χ1) is 7.07. The standard InChI is InChI=1S/C9H18O6/c1-7(9(11)12)15-6-8(10)5-14-4-3-13-2/h7-8,10H,3-6H2,1-2H3,(H,11,12). The molecule has 0 saturated heterocycles. The molecule has 0 aliphatic heterocycles. The molecular weight excluding hydrogens is 204 g/mol. The van der Waals surface area contributed by atoms with Gasteiger partial charge in [0.2, 0.25) is 0 Å². The number of hydrogen-bond acceptors (Lipinski definition) is 5. The Kier molecular flexibility index (Phi) is 8.21. The molecule has 2 unspecified atom stereocenters. The van der Waals surface area contributed by atoms with Gasteiger partial charge in [0, 0.05) is 7.11 Å². The highest BCUT2D eigenvalue weighted by molar-refractivity contribution is 5.71. The number of ether oxygens (including phenoxy) is 3. The van der Waals surface area contributed by atoms with Crippen LogP contribution < -0.4 is 0 Å². The predicted octanol–water partition coefficient (Wildman–Crippen LogP) is -0.500. The maximum absolute atomic E-state index is 10.4. The largest absolute Gasteiger partial charge is 0.479 e. The van der Waals surface area contributed by atoms with Crippen LogP contribution in [0.25, 0.3) is 0 Å². The van der Waals surface area contributed by atoms with Gasteiger partial charge in [-0.1, -0.05) is 0 Å². The Balaban J connectivity index is 3.40. The van der Waals surface area contributed by atoms with Crippen molar-refractivity contribution in [3.63, 3.8) is 0 Å². The number of hydrogen-bond donors (Lipinski definition) is 2. The van der Waals surface area contributed by atoms with Gasteiger partial charge in [-0.2, -0.15) is 0 Å². The third-order valence-corrected chi connectivity index (χ3v) is 1.63. The number of aliphatic carboxylic acids is 1. The third kappa shape index (κ3) is 8.31.